The van der Waals surface area contributed by atoms with Crippen molar-refractivity contribution in [1.29, 1.82) is 0 Å². The third kappa shape index (κ3) is 3.96. The van der Waals surface area contributed by atoms with Gasteiger partial charge in [-0.15, -0.1) is 0 Å². The van der Waals surface area contributed by atoms with Gasteiger partial charge in [0.25, 0.3) is 0 Å². The van der Waals surface area contributed by atoms with Gasteiger partial charge in [-0.2, -0.15) is 0 Å². The van der Waals surface area contributed by atoms with Gasteiger partial charge in [-0.05, 0) is 47.9 Å². The Bertz CT molecular complexity index is 3450. The standard InChI is InChI=1S/C48H28N4O/c1-2-14-30(15-3-1)47-33-19-6-9-21-37(33)49-48(50-47)52-39-22-10-7-20-34(39)45-41(52)26-25-40-46(45)36-27-35-32-18-8-11-24-43(32)53-44(35)28-42(36)51(40)38-23-12-16-29-13-4-5-17-31(29)38/h1-28H. The molecular formula is C48H28N4O. The Kier molecular flexibility index (Phi) is 5.71. The summed E-state index contributed by atoms with van der Waals surface area (Å²) in [6.45, 7) is 0. The van der Waals surface area contributed by atoms with Gasteiger partial charge in [-0.1, -0.05) is 121 Å². The molecule has 0 saturated heterocycles. The summed E-state index contributed by atoms with van der Waals surface area (Å²) in [5.74, 6) is 0.647. The summed E-state index contributed by atoms with van der Waals surface area (Å²) < 4.78 is 11.2. The zero-order valence-corrected chi connectivity index (χ0v) is 28.4. The van der Waals surface area contributed by atoms with Crippen molar-refractivity contribution >= 4 is 87.2 Å². The molecule has 12 aromatic rings. The quantitative estimate of drug-likeness (QED) is 0.187. The number of benzene rings is 8. The molecule has 0 saturated carbocycles. The number of para-hydroxylation sites is 3. The molecule has 0 aliphatic rings. The average Bonchev–Trinajstić information content (AvgIpc) is 3.86. The van der Waals surface area contributed by atoms with Gasteiger partial charge in [-0.3, -0.25) is 4.57 Å². The third-order valence-corrected chi connectivity index (χ3v) is 10.9. The van der Waals surface area contributed by atoms with Gasteiger partial charge < -0.3 is 8.98 Å². The van der Waals surface area contributed by atoms with E-state index in [9.17, 15) is 0 Å². The Balaban J connectivity index is 1.26. The van der Waals surface area contributed by atoms with Gasteiger partial charge in [-0.25, -0.2) is 9.97 Å². The lowest BCUT2D eigenvalue weighted by Crippen LogP contribution is -2.03. The van der Waals surface area contributed by atoms with E-state index in [-0.39, 0.29) is 0 Å². The van der Waals surface area contributed by atoms with Crippen LogP contribution in [0.4, 0.5) is 0 Å². The highest BCUT2D eigenvalue weighted by Crippen LogP contribution is 2.45. The summed E-state index contributed by atoms with van der Waals surface area (Å²) in [5.41, 5.74) is 10.1. The number of hydrogen-bond donors (Lipinski definition) is 0. The van der Waals surface area contributed by atoms with E-state index in [4.69, 9.17) is 14.4 Å². The maximum absolute atomic E-state index is 6.50. The van der Waals surface area contributed by atoms with E-state index in [0.717, 1.165) is 77.2 Å². The van der Waals surface area contributed by atoms with Crippen molar-refractivity contribution in [3.05, 3.63) is 170 Å². The Labute approximate surface area is 302 Å². The second kappa shape index (κ2) is 10.6. The lowest BCUT2D eigenvalue weighted by molar-refractivity contribution is 0.669. The van der Waals surface area contributed by atoms with Crippen LogP contribution in [0.5, 0.6) is 0 Å². The predicted octanol–water partition coefficient (Wildman–Crippen LogP) is 12.5. The summed E-state index contributed by atoms with van der Waals surface area (Å²) in [7, 11) is 0. The van der Waals surface area contributed by atoms with Crippen LogP contribution in [0.25, 0.3) is 110 Å². The highest BCUT2D eigenvalue weighted by molar-refractivity contribution is 6.30. The molecule has 0 aliphatic heterocycles. The van der Waals surface area contributed by atoms with E-state index in [1.807, 2.05) is 18.2 Å². The Morgan fingerprint density at radius 2 is 1.08 bits per heavy atom. The molecule has 0 aliphatic carbocycles. The second-order valence-electron chi connectivity index (χ2n) is 13.8. The van der Waals surface area contributed by atoms with Crippen LogP contribution in [0.2, 0.25) is 0 Å². The van der Waals surface area contributed by atoms with Crippen LogP contribution in [-0.4, -0.2) is 19.1 Å². The lowest BCUT2D eigenvalue weighted by Gasteiger charge is -2.12. The molecule has 8 aromatic carbocycles. The molecule has 246 valence electrons. The number of furan rings is 1. The van der Waals surface area contributed by atoms with Crippen molar-refractivity contribution in [2.45, 2.75) is 0 Å². The third-order valence-electron chi connectivity index (χ3n) is 10.9. The van der Waals surface area contributed by atoms with Crippen molar-refractivity contribution < 1.29 is 4.42 Å². The number of fused-ring (bicyclic) bond motifs is 12. The van der Waals surface area contributed by atoms with Crippen LogP contribution in [0.15, 0.2) is 174 Å². The minimum Gasteiger partial charge on any atom is -0.456 e. The lowest BCUT2D eigenvalue weighted by atomic mass is 10.0. The molecule has 0 bridgehead atoms. The normalized spacial score (nSPS) is 12.2. The van der Waals surface area contributed by atoms with Gasteiger partial charge in [0.1, 0.15) is 11.2 Å². The molecular weight excluding hydrogens is 649 g/mol. The summed E-state index contributed by atoms with van der Waals surface area (Å²) in [4.78, 5) is 10.6. The zero-order valence-electron chi connectivity index (χ0n) is 28.4. The van der Waals surface area contributed by atoms with Crippen LogP contribution in [0.3, 0.4) is 0 Å². The van der Waals surface area contributed by atoms with Crippen LogP contribution in [0, 0.1) is 0 Å². The molecule has 4 aromatic heterocycles. The number of aromatic nitrogens is 4. The molecule has 0 spiro atoms. The second-order valence-corrected chi connectivity index (χ2v) is 13.8. The SMILES string of the molecule is c1ccc(-c2nc(-n3c4ccccc4c4c5c6cc7c(cc6n(-c6cccc8ccccc68)c5ccc43)oc3ccccc37)nc3ccccc23)cc1. The molecule has 5 heteroatoms. The molecule has 0 radical (unpaired) electrons. The smallest absolute Gasteiger partial charge is 0.235 e. The average molecular weight is 677 g/mol. The van der Waals surface area contributed by atoms with Crippen LogP contribution < -0.4 is 0 Å². The van der Waals surface area contributed by atoms with Crippen LogP contribution in [0.1, 0.15) is 0 Å². The van der Waals surface area contributed by atoms with Crippen molar-refractivity contribution in [1.82, 2.24) is 19.1 Å². The van der Waals surface area contributed by atoms with Gasteiger partial charge in [0.2, 0.25) is 5.95 Å². The number of nitrogens with zero attached hydrogens (tertiary/aromatic N) is 4. The highest BCUT2D eigenvalue weighted by atomic mass is 16.3. The van der Waals surface area contributed by atoms with E-state index >= 15 is 0 Å². The monoisotopic (exact) mass is 676 g/mol. The van der Waals surface area contributed by atoms with Gasteiger partial charge >= 0.3 is 0 Å². The molecule has 0 N–H and O–H groups in total. The molecule has 0 unspecified atom stereocenters. The van der Waals surface area contributed by atoms with Crippen LogP contribution >= 0.6 is 0 Å². The fraction of sp³-hybridized carbons (Fsp3) is 0. The number of rotatable bonds is 3. The minimum atomic E-state index is 0.647. The summed E-state index contributed by atoms with van der Waals surface area (Å²) in [5, 5.41) is 10.3. The largest absolute Gasteiger partial charge is 0.456 e. The summed E-state index contributed by atoms with van der Waals surface area (Å²) in [6, 6.07) is 60.0. The van der Waals surface area contributed by atoms with Crippen molar-refractivity contribution in [2.75, 3.05) is 0 Å². The molecule has 4 heterocycles. The fourth-order valence-electron chi connectivity index (χ4n) is 8.64. The predicted molar refractivity (Wildman–Crippen MR) is 218 cm³/mol. The molecule has 5 nitrogen and oxygen atoms in total. The van der Waals surface area contributed by atoms with Gasteiger partial charge in [0, 0.05) is 54.7 Å². The first-order chi connectivity index (χ1) is 26.3. The molecule has 0 amide bonds. The molecule has 0 atom stereocenters. The zero-order chi connectivity index (χ0) is 34.6. The Morgan fingerprint density at radius 3 is 1.96 bits per heavy atom. The Morgan fingerprint density at radius 1 is 0.396 bits per heavy atom. The maximum atomic E-state index is 6.50. The maximum Gasteiger partial charge on any atom is 0.235 e. The molecule has 12 rings (SSSR count). The summed E-state index contributed by atoms with van der Waals surface area (Å²) >= 11 is 0. The van der Waals surface area contributed by atoms with Gasteiger partial charge in [0.05, 0.1) is 39.0 Å². The van der Waals surface area contributed by atoms with E-state index < -0.39 is 0 Å². The van der Waals surface area contributed by atoms with E-state index in [2.05, 4.69) is 161 Å². The van der Waals surface area contributed by atoms with Gasteiger partial charge in [0.15, 0.2) is 0 Å². The topological polar surface area (TPSA) is 48.8 Å². The minimum absolute atomic E-state index is 0.647. The first kappa shape index (κ1) is 28.5. The van der Waals surface area contributed by atoms with Crippen molar-refractivity contribution in [2.24, 2.45) is 0 Å². The van der Waals surface area contributed by atoms with E-state index in [0.29, 0.717) is 5.95 Å². The first-order valence-corrected chi connectivity index (χ1v) is 17.9. The van der Waals surface area contributed by atoms with Crippen molar-refractivity contribution in [3.8, 4) is 22.9 Å². The van der Waals surface area contributed by atoms with Crippen LogP contribution in [-0.2, 0) is 0 Å². The first-order valence-electron chi connectivity index (χ1n) is 17.9. The highest BCUT2D eigenvalue weighted by Gasteiger charge is 2.24. The van der Waals surface area contributed by atoms with E-state index in [1.54, 1.807) is 0 Å². The molecule has 53 heavy (non-hydrogen) atoms. The fourth-order valence-corrected chi connectivity index (χ4v) is 8.64. The summed E-state index contributed by atoms with van der Waals surface area (Å²) in [6.07, 6.45) is 0. The number of hydrogen-bond acceptors (Lipinski definition) is 3. The Hall–Kier alpha value is -7.24. The van der Waals surface area contributed by atoms with E-state index in [1.165, 1.54) is 26.9 Å². The molecule has 0 fully saturated rings. The van der Waals surface area contributed by atoms with Crippen molar-refractivity contribution in [3.63, 3.8) is 0 Å².